The number of rotatable bonds is 6. The predicted molar refractivity (Wildman–Crippen MR) is 69.3 cm³/mol. The fourth-order valence-corrected chi connectivity index (χ4v) is 1.71. The van der Waals surface area contributed by atoms with Gasteiger partial charge >= 0.3 is 0 Å². The highest BCUT2D eigenvalue weighted by atomic mass is 14.9. The van der Waals surface area contributed by atoms with Gasteiger partial charge in [-0.1, -0.05) is 40.2 Å². The van der Waals surface area contributed by atoms with E-state index in [9.17, 15) is 0 Å². The molecule has 0 aliphatic heterocycles. The van der Waals surface area contributed by atoms with Crippen LogP contribution >= 0.6 is 0 Å². The van der Waals surface area contributed by atoms with Gasteiger partial charge in [0.05, 0.1) is 11.7 Å². The molecule has 1 rings (SSSR count). The third kappa shape index (κ3) is 3.93. The van der Waals surface area contributed by atoms with Gasteiger partial charge in [-0.3, -0.25) is 4.98 Å². The fraction of sp³-hybridized carbons (Fsp3) is 0.643. The van der Waals surface area contributed by atoms with Crippen molar-refractivity contribution in [2.45, 2.75) is 40.2 Å². The monoisotopic (exact) mass is 220 g/mol. The molecule has 0 spiro atoms. The molecule has 1 aromatic heterocycles. The molecular formula is C14H24N2. The molecule has 90 valence electrons. The molecule has 0 radical (unpaired) electrons. The van der Waals surface area contributed by atoms with Crippen molar-refractivity contribution in [1.29, 1.82) is 0 Å². The predicted octanol–water partition coefficient (Wildman–Crippen LogP) is 3.41. The Morgan fingerprint density at radius 2 is 2.00 bits per heavy atom. The van der Waals surface area contributed by atoms with E-state index in [1.807, 2.05) is 12.3 Å². The van der Waals surface area contributed by atoms with Gasteiger partial charge in [0, 0.05) is 6.20 Å². The second kappa shape index (κ2) is 6.64. The van der Waals surface area contributed by atoms with Crippen molar-refractivity contribution < 1.29 is 0 Å². The quantitative estimate of drug-likeness (QED) is 0.794. The molecule has 0 fully saturated rings. The lowest BCUT2D eigenvalue weighted by molar-refractivity contribution is 0.369. The van der Waals surface area contributed by atoms with Crippen molar-refractivity contribution in [3.05, 3.63) is 30.1 Å². The second-order valence-electron chi connectivity index (χ2n) is 4.90. The van der Waals surface area contributed by atoms with Crippen LogP contribution < -0.4 is 5.32 Å². The lowest BCUT2D eigenvalue weighted by Crippen LogP contribution is -2.30. The molecule has 2 nitrogen and oxygen atoms in total. The van der Waals surface area contributed by atoms with Crippen LogP contribution in [0.3, 0.4) is 0 Å². The van der Waals surface area contributed by atoms with Crippen molar-refractivity contribution in [2.75, 3.05) is 6.54 Å². The zero-order valence-electron chi connectivity index (χ0n) is 10.9. The van der Waals surface area contributed by atoms with Crippen molar-refractivity contribution in [2.24, 2.45) is 11.8 Å². The van der Waals surface area contributed by atoms with E-state index in [1.165, 1.54) is 6.42 Å². The van der Waals surface area contributed by atoms with Crippen molar-refractivity contribution in [3.8, 4) is 0 Å². The minimum Gasteiger partial charge on any atom is -0.308 e. The van der Waals surface area contributed by atoms with E-state index in [0.717, 1.165) is 18.2 Å². The second-order valence-corrected chi connectivity index (χ2v) is 4.90. The molecule has 2 unspecified atom stereocenters. The van der Waals surface area contributed by atoms with Crippen LogP contribution in [0.2, 0.25) is 0 Å². The Bertz CT molecular complexity index is 282. The van der Waals surface area contributed by atoms with E-state index in [-0.39, 0.29) is 0 Å². The molecule has 16 heavy (non-hydrogen) atoms. The molecule has 1 N–H and O–H groups in total. The van der Waals surface area contributed by atoms with Crippen LogP contribution in [0.1, 0.15) is 45.9 Å². The van der Waals surface area contributed by atoms with E-state index in [2.05, 4.69) is 50.1 Å². The molecule has 0 saturated carbocycles. The van der Waals surface area contributed by atoms with E-state index in [4.69, 9.17) is 0 Å². The summed E-state index contributed by atoms with van der Waals surface area (Å²) in [5.41, 5.74) is 1.15. The first kappa shape index (κ1) is 13.2. The van der Waals surface area contributed by atoms with E-state index < -0.39 is 0 Å². The summed E-state index contributed by atoms with van der Waals surface area (Å²) in [6, 6.07) is 6.50. The van der Waals surface area contributed by atoms with Gasteiger partial charge in [-0.15, -0.1) is 0 Å². The van der Waals surface area contributed by atoms with Crippen LogP contribution in [-0.4, -0.2) is 11.5 Å². The molecule has 0 aliphatic rings. The number of nitrogens with one attached hydrogen (secondary N) is 1. The molecule has 0 saturated heterocycles. The van der Waals surface area contributed by atoms with Crippen LogP contribution in [0.25, 0.3) is 0 Å². The van der Waals surface area contributed by atoms with Gasteiger partial charge in [0.2, 0.25) is 0 Å². The average molecular weight is 220 g/mol. The minimum absolute atomic E-state index is 0.371. The molecule has 0 amide bonds. The molecule has 0 aromatic carbocycles. The number of hydrogen-bond acceptors (Lipinski definition) is 2. The summed E-state index contributed by atoms with van der Waals surface area (Å²) < 4.78 is 0. The summed E-state index contributed by atoms with van der Waals surface area (Å²) in [4.78, 5) is 4.44. The Balaban J connectivity index is 2.62. The number of aromatic nitrogens is 1. The van der Waals surface area contributed by atoms with Crippen LogP contribution in [0, 0.1) is 11.8 Å². The summed E-state index contributed by atoms with van der Waals surface area (Å²) in [5.74, 6) is 1.30. The summed E-state index contributed by atoms with van der Waals surface area (Å²) in [7, 11) is 0. The molecule has 2 atom stereocenters. The first-order chi connectivity index (χ1) is 7.65. The van der Waals surface area contributed by atoms with Crippen molar-refractivity contribution >= 4 is 0 Å². The van der Waals surface area contributed by atoms with Crippen LogP contribution in [0.4, 0.5) is 0 Å². The SMILES string of the molecule is CCC(C)CNC(c1ccccn1)C(C)C. The third-order valence-electron chi connectivity index (χ3n) is 3.06. The van der Waals surface area contributed by atoms with Crippen molar-refractivity contribution in [1.82, 2.24) is 10.3 Å². The van der Waals surface area contributed by atoms with Gasteiger partial charge in [0.25, 0.3) is 0 Å². The Morgan fingerprint density at radius 3 is 2.50 bits per heavy atom. The standard InChI is InChI=1S/C14H24N2/c1-5-12(4)10-16-14(11(2)3)13-8-6-7-9-15-13/h6-9,11-12,14,16H,5,10H2,1-4H3. The summed E-state index contributed by atoms with van der Waals surface area (Å²) in [6.45, 7) is 10.1. The molecular weight excluding hydrogens is 196 g/mol. The largest absolute Gasteiger partial charge is 0.308 e. The summed E-state index contributed by atoms with van der Waals surface area (Å²) >= 11 is 0. The fourth-order valence-electron chi connectivity index (χ4n) is 1.71. The molecule has 2 heteroatoms. The zero-order valence-corrected chi connectivity index (χ0v) is 10.9. The maximum Gasteiger partial charge on any atom is 0.0575 e. The zero-order chi connectivity index (χ0) is 12.0. The number of pyridine rings is 1. The van der Waals surface area contributed by atoms with Gasteiger partial charge < -0.3 is 5.32 Å². The summed E-state index contributed by atoms with van der Waals surface area (Å²) in [6.07, 6.45) is 3.09. The molecule has 1 aromatic rings. The molecule has 0 aliphatic carbocycles. The van der Waals surface area contributed by atoms with Gasteiger partial charge in [-0.2, -0.15) is 0 Å². The number of hydrogen-bond donors (Lipinski definition) is 1. The van der Waals surface area contributed by atoms with Gasteiger partial charge in [0.15, 0.2) is 0 Å². The van der Waals surface area contributed by atoms with E-state index in [0.29, 0.717) is 12.0 Å². The van der Waals surface area contributed by atoms with Crippen LogP contribution in [-0.2, 0) is 0 Å². The third-order valence-corrected chi connectivity index (χ3v) is 3.06. The first-order valence-electron chi connectivity index (χ1n) is 6.29. The van der Waals surface area contributed by atoms with E-state index in [1.54, 1.807) is 0 Å². The van der Waals surface area contributed by atoms with Crippen molar-refractivity contribution in [3.63, 3.8) is 0 Å². The van der Waals surface area contributed by atoms with Gasteiger partial charge in [-0.05, 0) is 30.5 Å². The highest BCUT2D eigenvalue weighted by Gasteiger charge is 2.16. The first-order valence-corrected chi connectivity index (χ1v) is 6.29. The van der Waals surface area contributed by atoms with E-state index >= 15 is 0 Å². The Morgan fingerprint density at radius 1 is 1.25 bits per heavy atom. The summed E-state index contributed by atoms with van der Waals surface area (Å²) in [5, 5.41) is 3.62. The highest BCUT2D eigenvalue weighted by molar-refractivity contribution is 5.09. The Hall–Kier alpha value is -0.890. The lowest BCUT2D eigenvalue weighted by atomic mass is 9.99. The molecule has 1 heterocycles. The average Bonchev–Trinajstić information content (AvgIpc) is 2.30. The van der Waals surface area contributed by atoms with Gasteiger partial charge in [-0.25, -0.2) is 0 Å². The Labute approximate surface area is 99.5 Å². The molecule has 0 bridgehead atoms. The Kier molecular flexibility index (Phi) is 5.47. The van der Waals surface area contributed by atoms with Crippen LogP contribution in [0.5, 0.6) is 0 Å². The maximum absolute atomic E-state index is 4.44. The maximum atomic E-state index is 4.44. The highest BCUT2D eigenvalue weighted by Crippen LogP contribution is 2.19. The smallest absolute Gasteiger partial charge is 0.0575 e. The topological polar surface area (TPSA) is 24.9 Å². The van der Waals surface area contributed by atoms with Gasteiger partial charge in [0.1, 0.15) is 0 Å². The normalized spacial score (nSPS) is 15.1. The van der Waals surface area contributed by atoms with Crippen LogP contribution in [0.15, 0.2) is 24.4 Å². The lowest BCUT2D eigenvalue weighted by Gasteiger charge is -2.23. The number of nitrogens with zero attached hydrogens (tertiary/aromatic N) is 1. The minimum atomic E-state index is 0.371.